The second-order valence-electron chi connectivity index (χ2n) is 7.54. The summed E-state index contributed by atoms with van der Waals surface area (Å²) in [5, 5.41) is 0. The van der Waals surface area contributed by atoms with Gasteiger partial charge in [-0.2, -0.15) is 0 Å². The summed E-state index contributed by atoms with van der Waals surface area (Å²) in [5.41, 5.74) is 2.08. The van der Waals surface area contributed by atoms with Gasteiger partial charge in [-0.1, -0.05) is 6.42 Å². The zero-order valence-electron chi connectivity index (χ0n) is 14.8. The standard InChI is InChI=1S/C19H28N4O/c1-22(2)13-19-20-17-7-6-16(12-18(17)21-19)24-15-8-10-23(11-9-15)14-4-3-5-14/h6-7,12,14-15H,3-5,8-11,13H2,1-2H3,(H,20,21). The molecule has 1 aliphatic carbocycles. The fourth-order valence-corrected chi connectivity index (χ4v) is 3.79. The number of hydrogen-bond donors (Lipinski definition) is 1. The molecule has 0 amide bonds. The number of imidazole rings is 1. The number of hydrogen-bond acceptors (Lipinski definition) is 4. The molecule has 1 aromatic carbocycles. The van der Waals surface area contributed by atoms with Gasteiger partial charge in [0.1, 0.15) is 17.7 Å². The van der Waals surface area contributed by atoms with Gasteiger partial charge in [0, 0.05) is 25.2 Å². The number of H-pyrrole nitrogens is 1. The van der Waals surface area contributed by atoms with Crippen LogP contribution in [0.15, 0.2) is 18.2 Å². The van der Waals surface area contributed by atoms with Gasteiger partial charge in [-0.05, 0) is 51.9 Å². The van der Waals surface area contributed by atoms with Crippen molar-refractivity contribution >= 4 is 11.0 Å². The van der Waals surface area contributed by atoms with Crippen LogP contribution < -0.4 is 4.74 Å². The number of ether oxygens (including phenoxy) is 1. The lowest BCUT2D eigenvalue weighted by atomic mass is 9.90. The van der Waals surface area contributed by atoms with E-state index in [1.54, 1.807) is 0 Å². The monoisotopic (exact) mass is 328 g/mol. The number of aromatic amines is 1. The Bertz CT molecular complexity index is 684. The lowest BCUT2D eigenvalue weighted by molar-refractivity contribution is 0.0494. The van der Waals surface area contributed by atoms with Crippen molar-refractivity contribution in [2.45, 2.75) is 50.8 Å². The molecule has 1 aromatic heterocycles. The van der Waals surface area contributed by atoms with Gasteiger partial charge in [-0.3, -0.25) is 0 Å². The largest absolute Gasteiger partial charge is 0.490 e. The fourth-order valence-electron chi connectivity index (χ4n) is 3.79. The van der Waals surface area contributed by atoms with Crippen LogP contribution in [0.2, 0.25) is 0 Å². The molecule has 2 heterocycles. The topological polar surface area (TPSA) is 44.4 Å². The van der Waals surface area contributed by atoms with Crippen LogP contribution in [0.4, 0.5) is 0 Å². The number of fused-ring (bicyclic) bond motifs is 1. The summed E-state index contributed by atoms with van der Waals surface area (Å²) >= 11 is 0. The molecule has 2 aliphatic rings. The van der Waals surface area contributed by atoms with Crippen LogP contribution in [0, 0.1) is 0 Å². The molecule has 1 saturated carbocycles. The first-order valence-corrected chi connectivity index (χ1v) is 9.21. The van der Waals surface area contributed by atoms with E-state index in [0.717, 1.165) is 48.0 Å². The van der Waals surface area contributed by atoms with E-state index < -0.39 is 0 Å². The normalized spacial score (nSPS) is 20.6. The van der Waals surface area contributed by atoms with Gasteiger partial charge >= 0.3 is 0 Å². The number of nitrogens with zero attached hydrogens (tertiary/aromatic N) is 3. The van der Waals surface area contributed by atoms with Gasteiger partial charge in [0.15, 0.2) is 0 Å². The number of aromatic nitrogens is 2. The van der Waals surface area contributed by atoms with Gasteiger partial charge in [0.2, 0.25) is 0 Å². The predicted molar refractivity (Wildman–Crippen MR) is 96.3 cm³/mol. The molecule has 0 radical (unpaired) electrons. The molecule has 1 saturated heterocycles. The molecule has 5 nitrogen and oxygen atoms in total. The second-order valence-corrected chi connectivity index (χ2v) is 7.54. The molecule has 0 atom stereocenters. The van der Waals surface area contributed by atoms with E-state index in [9.17, 15) is 0 Å². The molecule has 2 aromatic rings. The summed E-state index contributed by atoms with van der Waals surface area (Å²) in [5.74, 6) is 1.96. The van der Waals surface area contributed by atoms with Crippen molar-refractivity contribution in [1.82, 2.24) is 19.8 Å². The Hall–Kier alpha value is -1.59. The quantitative estimate of drug-likeness (QED) is 0.916. The van der Waals surface area contributed by atoms with Crippen molar-refractivity contribution < 1.29 is 4.74 Å². The molecule has 0 spiro atoms. The summed E-state index contributed by atoms with van der Waals surface area (Å²) in [6.45, 7) is 3.20. The summed E-state index contributed by atoms with van der Waals surface area (Å²) in [6.07, 6.45) is 6.85. The SMILES string of the molecule is CN(C)Cc1nc2ccc(OC3CCN(C4CCC4)CC3)cc2[nH]1. The predicted octanol–water partition coefficient (Wildman–Crippen LogP) is 3.02. The van der Waals surface area contributed by atoms with Crippen LogP contribution >= 0.6 is 0 Å². The average Bonchev–Trinajstić information content (AvgIpc) is 2.88. The fraction of sp³-hybridized carbons (Fsp3) is 0.632. The number of nitrogens with one attached hydrogen (secondary N) is 1. The van der Waals surface area contributed by atoms with Crippen LogP contribution in [0.3, 0.4) is 0 Å². The second kappa shape index (κ2) is 6.73. The third-order valence-corrected chi connectivity index (χ3v) is 5.34. The number of piperidine rings is 1. The minimum atomic E-state index is 0.350. The Morgan fingerprint density at radius 2 is 2.00 bits per heavy atom. The van der Waals surface area contributed by atoms with Crippen molar-refractivity contribution in [2.75, 3.05) is 27.2 Å². The van der Waals surface area contributed by atoms with E-state index in [4.69, 9.17) is 4.74 Å². The maximum atomic E-state index is 6.25. The van der Waals surface area contributed by atoms with Gasteiger partial charge in [0.25, 0.3) is 0 Å². The van der Waals surface area contributed by atoms with Gasteiger partial charge in [-0.25, -0.2) is 4.98 Å². The van der Waals surface area contributed by atoms with E-state index in [2.05, 4.69) is 52.1 Å². The maximum absolute atomic E-state index is 6.25. The molecular weight excluding hydrogens is 300 g/mol. The van der Waals surface area contributed by atoms with Crippen molar-refractivity contribution in [3.05, 3.63) is 24.0 Å². The third kappa shape index (κ3) is 3.42. The Labute approximate surface area is 144 Å². The Morgan fingerprint density at radius 3 is 2.67 bits per heavy atom. The first-order valence-electron chi connectivity index (χ1n) is 9.21. The molecule has 24 heavy (non-hydrogen) atoms. The molecule has 2 fully saturated rings. The van der Waals surface area contributed by atoms with Crippen molar-refractivity contribution in [1.29, 1.82) is 0 Å². The lowest BCUT2D eigenvalue weighted by Gasteiger charge is -2.41. The minimum Gasteiger partial charge on any atom is -0.490 e. The van der Waals surface area contributed by atoms with Crippen LogP contribution in [0.5, 0.6) is 5.75 Å². The summed E-state index contributed by atoms with van der Waals surface area (Å²) in [7, 11) is 4.11. The molecular formula is C19H28N4O. The summed E-state index contributed by atoms with van der Waals surface area (Å²) < 4.78 is 6.25. The van der Waals surface area contributed by atoms with Crippen molar-refractivity contribution in [3.8, 4) is 5.75 Å². The van der Waals surface area contributed by atoms with Crippen LogP contribution in [0.1, 0.15) is 37.9 Å². The lowest BCUT2D eigenvalue weighted by Crippen LogP contribution is -2.46. The highest BCUT2D eigenvalue weighted by Gasteiger charge is 2.29. The first-order chi connectivity index (χ1) is 11.7. The van der Waals surface area contributed by atoms with Crippen LogP contribution in [-0.4, -0.2) is 59.1 Å². The van der Waals surface area contributed by atoms with E-state index in [-0.39, 0.29) is 0 Å². The maximum Gasteiger partial charge on any atom is 0.121 e. The zero-order chi connectivity index (χ0) is 16.5. The Kier molecular flexibility index (Phi) is 4.46. The highest BCUT2D eigenvalue weighted by molar-refractivity contribution is 5.76. The van der Waals surface area contributed by atoms with E-state index >= 15 is 0 Å². The summed E-state index contributed by atoms with van der Waals surface area (Å²) in [4.78, 5) is 12.8. The Morgan fingerprint density at radius 1 is 1.21 bits per heavy atom. The van der Waals surface area contributed by atoms with Crippen molar-refractivity contribution in [2.24, 2.45) is 0 Å². The highest BCUT2D eigenvalue weighted by atomic mass is 16.5. The number of likely N-dealkylation sites (tertiary alicyclic amines) is 1. The highest BCUT2D eigenvalue weighted by Crippen LogP contribution is 2.29. The Balaban J connectivity index is 1.37. The molecule has 0 bridgehead atoms. The molecule has 4 rings (SSSR count). The smallest absolute Gasteiger partial charge is 0.121 e. The van der Waals surface area contributed by atoms with Gasteiger partial charge in [-0.15, -0.1) is 0 Å². The number of rotatable bonds is 5. The van der Waals surface area contributed by atoms with Crippen LogP contribution in [-0.2, 0) is 6.54 Å². The van der Waals surface area contributed by atoms with Crippen molar-refractivity contribution in [3.63, 3.8) is 0 Å². The molecule has 1 aliphatic heterocycles. The van der Waals surface area contributed by atoms with E-state index in [0.29, 0.717) is 6.10 Å². The van der Waals surface area contributed by atoms with E-state index in [1.807, 2.05) is 0 Å². The van der Waals surface area contributed by atoms with Gasteiger partial charge in [0.05, 0.1) is 17.6 Å². The van der Waals surface area contributed by atoms with Gasteiger partial charge < -0.3 is 19.5 Å². The zero-order valence-corrected chi connectivity index (χ0v) is 14.8. The minimum absolute atomic E-state index is 0.350. The molecule has 5 heteroatoms. The average molecular weight is 328 g/mol. The molecule has 1 N–H and O–H groups in total. The number of benzene rings is 1. The summed E-state index contributed by atoms with van der Waals surface area (Å²) in [6, 6.07) is 7.08. The third-order valence-electron chi connectivity index (χ3n) is 5.34. The molecule has 0 unspecified atom stereocenters. The first kappa shape index (κ1) is 15.9. The van der Waals surface area contributed by atoms with E-state index in [1.165, 1.54) is 32.4 Å². The molecule has 130 valence electrons. The van der Waals surface area contributed by atoms with Crippen LogP contribution in [0.25, 0.3) is 11.0 Å².